The van der Waals surface area contributed by atoms with E-state index in [9.17, 15) is 17.6 Å². The molecule has 0 spiro atoms. The number of aromatic nitrogens is 2. The minimum Gasteiger partial charge on any atom is -0.256 e. The number of benzene rings is 2. The maximum atomic E-state index is 14.5. The lowest BCUT2D eigenvalue weighted by molar-refractivity contribution is 0.509. The molecule has 138 valence electrons. The Bertz CT molecular complexity index is 1160. The van der Waals surface area contributed by atoms with E-state index in [0.29, 0.717) is 22.5 Å². The molecule has 2 nitrogen and oxygen atoms in total. The van der Waals surface area contributed by atoms with Crippen molar-refractivity contribution in [2.24, 2.45) is 0 Å². The van der Waals surface area contributed by atoms with Crippen LogP contribution < -0.4 is 0 Å². The van der Waals surface area contributed by atoms with Gasteiger partial charge in [0.15, 0.2) is 23.3 Å². The minimum absolute atomic E-state index is 0.0508. The molecule has 0 bridgehead atoms. The Balaban J connectivity index is 1.83. The summed E-state index contributed by atoms with van der Waals surface area (Å²) < 4.78 is 55.4. The van der Waals surface area contributed by atoms with Crippen LogP contribution in [0.25, 0.3) is 33.8 Å². The second kappa shape index (κ2) is 7.23. The largest absolute Gasteiger partial charge is 0.256 e. The van der Waals surface area contributed by atoms with Gasteiger partial charge in [-0.1, -0.05) is 12.1 Å². The third-order valence-corrected chi connectivity index (χ3v) is 4.23. The molecule has 0 fully saturated rings. The van der Waals surface area contributed by atoms with E-state index in [0.717, 1.165) is 18.2 Å². The average molecular weight is 380 g/mol. The molecule has 0 atom stereocenters. The van der Waals surface area contributed by atoms with Gasteiger partial charge in [-0.15, -0.1) is 0 Å². The molecule has 0 saturated heterocycles. The molecule has 28 heavy (non-hydrogen) atoms. The number of halogens is 4. The molecule has 2 aromatic heterocycles. The van der Waals surface area contributed by atoms with Gasteiger partial charge in [0.1, 0.15) is 0 Å². The smallest absolute Gasteiger partial charge is 0.168 e. The Morgan fingerprint density at radius 3 is 2.07 bits per heavy atom. The second-order valence-corrected chi connectivity index (χ2v) is 6.07. The van der Waals surface area contributed by atoms with E-state index in [1.165, 1.54) is 18.2 Å². The summed E-state index contributed by atoms with van der Waals surface area (Å²) >= 11 is 0. The molecule has 2 heterocycles. The predicted molar refractivity (Wildman–Crippen MR) is 98.2 cm³/mol. The van der Waals surface area contributed by atoms with Crippen LogP contribution in [0.1, 0.15) is 0 Å². The summed E-state index contributed by atoms with van der Waals surface area (Å²) in [6.45, 7) is 0. The Labute approximate surface area is 158 Å². The maximum absolute atomic E-state index is 14.5. The molecule has 0 radical (unpaired) electrons. The lowest BCUT2D eigenvalue weighted by atomic mass is 10.0. The first-order chi connectivity index (χ1) is 13.5. The van der Waals surface area contributed by atoms with Crippen molar-refractivity contribution in [2.45, 2.75) is 0 Å². The van der Waals surface area contributed by atoms with Crippen LogP contribution in [0.5, 0.6) is 0 Å². The van der Waals surface area contributed by atoms with Crippen LogP contribution >= 0.6 is 0 Å². The summed E-state index contributed by atoms with van der Waals surface area (Å²) in [6, 6.07) is 15.7. The van der Waals surface area contributed by atoms with Crippen LogP contribution in [0, 0.1) is 23.3 Å². The standard InChI is InChI=1S/C22H12F4N2/c23-16-8-7-13(11-17(16)24)20-5-3-6-21(28-20)15-10-14(12-18(25)22(15)26)19-4-1-2-9-27-19/h1-12H. The quantitative estimate of drug-likeness (QED) is 0.405. The molecule has 0 unspecified atom stereocenters. The molecule has 2 aromatic carbocycles. The van der Waals surface area contributed by atoms with Gasteiger partial charge < -0.3 is 0 Å². The zero-order valence-electron chi connectivity index (χ0n) is 14.3. The first-order valence-corrected chi connectivity index (χ1v) is 8.36. The highest BCUT2D eigenvalue weighted by Gasteiger charge is 2.16. The molecule has 0 aliphatic heterocycles. The summed E-state index contributed by atoms with van der Waals surface area (Å²) in [5, 5.41) is 0. The summed E-state index contributed by atoms with van der Waals surface area (Å²) in [4.78, 5) is 8.46. The lowest BCUT2D eigenvalue weighted by Gasteiger charge is -2.09. The maximum Gasteiger partial charge on any atom is 0.168 e. The molecule has 6 heteroatoms. The SMILES string of the molecule is Fc1ccc(-c2cccc(-c3cc(-c4ccccn4)cc(F)c3F)n2)cc1F. The van der Waals surface area contributed by atoms with E-state index < -0.39 is 23.3 Å². The molecular formula is C22H12F4N2. The van der Waals surface area contributed by atoms with E-state index in [-0.39, 0.29) is 11.3 Å². The van der Waals surface area contributed by atoms with Crippen molar-refractivity contribution < 1.29 is 17.6 Å². The molecule has 0 saturated carbocycles. The molecule has 0 aliphatic carbocycles. The highest BCUT2D eigenvalue weighted by molar-refractivity contribution is 5.72. The van der Waals surface area contributed by atoms with Crippen molar-refractivity contribution >= 4 is 0 Å². The highest BCUT2D eigenvalue weighted by atomic mass is 19.2. The third-order valence-electron chi connectivity index (χ3n) is 4.23. The zero-order chi connectivity index (χ0) is 19.7. The summed E-state index contributed by atoms with van der Waals surface area (Å²) in [7, 11) is 0. The van der Waals surface area contributed by atoms with Crippen LogP contribution in [-0.4, -0.2) is 9.97 Å². The normalized spacial score (nSPS) is 10.9. The molecule has 0 N–H and O–H groups in total. The van der Waals surface area contributed by atoms with Crippen molar-refractivity contribution in [3.05, 3.63) is 96.2 Å². The Morgan fingerprint density at radius 1 is 0.571 bits per heavy atom. The van der Waals surface area contributed by atoms with E-state index in [4.69, 9.17) is 0 Å². The van der Waals surface area contributed by atoms with E-state index in [2.05, 4.69) is 9.97 Å². The molecule has 4 rings (SSSR count). The molecule has 0 aliphatic rings. The summed E-state index contributed by atoms with van der Waals surface area (Å²) in [5.74, 6) is -4.07. The van der Waals surface area contributed by atoms with Gasteiger partial charge >= 0.3 is 0 Å². The third kappa shape index (κ3) is 3.36. The van der Waals surface area contributed by atoms with Gasteiger partial charge in [-0.3, -0.25) is 4.98 Å². The Morgan fingerprint density at radius 2 is 1.32 bits per heavy atom. The first kappa shape index (κ1) is 17.9. The fraction of sp³-hybridized carbons (Fsp3) is 0. The van der Waals surface area contributed by atoms with Crippen molar-refractivity contribution in [3.63, 3.8) is 0 Å². The van der Waals surface area contributed by atoms with Gasteiger partial charge in [-0.2, -0.15) is 0 Å². The number of pyridine rings is 2. The van der Waals surface area contributed by atoms with E-state index >= 15 is 0 Å². The number of hydrogen-bond acceptors (Lipinski definition) is 2. The van der Waals surface area contributed by atoms with Crippen LogP contribution in [0.2, 0.25) is 0 Å². The van der Waals surface area contributed by atoms with Crippen molar-refractivity contribution in [1.82, 2.24) is 9.97 Å². The van der Waals surface area contributed by atoms with Gasteiger partial charge in [0.2, 0.25) is 0 Å². The van der Waals surface area contributed by atoms with Crippen LogP contribution in [-0.2, 0) is 0 Å². The Hall–Kier alpha value is -3.54. The highest BCUT2D eigenvalue weighted by Crippen LogP contribution is 2.30. The van der Waals surface area contributed by atoms with E-state index in [1.54, 1.807) is 36.5 Å². The monoisotopic (exact) mass is 380 g/mol. The fourth-order valence-electron chi connectivity index (χ4n) is 2.86. The lowest BCUT2D eigenvalue weighted by Crippen LogP contribution is -1.96. The molecule has 4 aromatic rings. The number of hydrogen-bond donors (Lipinski definition) is 0. The topological polar surface area (TPSA) is 25.8 Å². The average Bonchev–Trinajstić information content (AvgIpc) is 2.72. The van der Waals surface area contributed by atoms with Crippen LogP contribution in [0.4, 0.5) is 17.6 Å². The Kier molecular flexibility index (Phi) is 4.61. The van der Waals surface area contributed by atoms with Gasteiger partial charge in [0, 0.05) is 22.9 Å². The van der Waals surface area contributed by atoms with Gasteiger partial charge in [0.05, 0.1) is 17.1 Å². The summed E-state index contributed by atoms with van der Waals surface area (Å²) in [6.07, 6.45) is 1.55. The van der Waals surface area contributed by atoms with Gasteiger partial charge in [-0.25, -0.2) is 22.5 Å². The van der Waals surface area contributed by atoms with Crippen LogP contribution in [0.15, 0.2) is 72.9 Å². The van der Waals surface area contributed by atoms with E-state index in [1.807, 2.05) is 0 Å². The van der Waals surface area contributed by atoms with Crippen molar-refractivity contribution in [1.29, 1.82) is 0 Å². The minimum atomic E-state index is -1.05. The van der Waals surface area contributed by atoms with Gasteiger partial charge in [-0.05, 0) is 54.6 Å². The zero-order valence-corrected chi connectivity index (χ0v) is 14.3. The predicted octanol–water partition coefficient (Wildman–Crippen LogP) is 6.03. The summed E-state index contributed by atoms with van der Waals surface area (Å²) in [5.41, 5.74) is 1.62. The first-order valence-electron chi connectivity index (χ1n) is 8.36. The van der Waals surface area contributed by atoms with Crippen molar-refractivity contribution in [2.75, 3.05) is 0 Å². The molecular weight excluding hydrogens is 368 g/mol. The molecule has 0 amide bonds. The fourth-order valence-corrected chi connectivity index (χ4v) is 2.86. The van der Waals surface area contributed by atoms with Crippen LogP contribution in [0.3, 0.4) is 0 Å². The second-order valence-electron chi connectivity index (χ2n) is 6.07. The number of nitrogens with zero attached hydrogens (tertiary/aromatic N) is 2. The number of rotatable bonds is 3. The van der Waals surface area contributed by atoms with Crippen molar-refractivity contribution in [3.8, 4) is 33.8 Å². The van der Waals surface area contributed by atoms with Gasteiger partial charge in [0.25, 0.3) is 0 Å².